The smallest absolute Gasteiger partial charge is 0.187 e. The fourth-order valence-corrected chi connectivity index (χ4v) is 15.2. The maximum absolute atomic E-state index is 11.6. The molecule has 21 heterocycles. The van der Waals surface area contributed by atoms with Gasteiger partial charge in [0.05, 0.1) is 42.7 Å². The number of aliphatic hydroxyl groups excluding tert-OH is 14. The van der Waals surface area contributed by atoms with Crippen LogP contribution in [0.15, 0.2) is 0 Å². The van der Waals surface area contributed by atoms with Crippen LogP contribution in [0.5, 0.6) is 0 Å². The minimum atomic E-state index is -1.90. The van der Waals surface area contributed by atoms with E-state index in [4.69, 9.17) is 66.3 Å². The van der Waals surface area contributed by atoms with Crippen molar-refractivity contribution in [2.24, 2.45) is 0 Å². The third-order valence-corrected chi connectivity index (χ3v) is 20.7. The molecule has 0 aromatic carbocycles. The summed E-state index contributed by atoms with van der Waals surface area (Å²) in [6.07, 6.45) is -55.6. The maximum Gasteiger partial charge on any atom is 0.187 e. The lowest BCUT2D eigenvalue weighted by Gasteiger charge is -2.50. The Balaban J connectivity index is 1.08. The van der Waals surface area contributed by atoms with Gasteiger partial charge in [-0.05, 0) is 0 Å². The normalized spacial score (nSPS) is 55.4. The van der Waals surface area contributed by atoms with Crippen molar-refractivity contribution in [3.8, 4) is 0 Å². The van der Waals surface area contributed by atoms with Crippen molar-refractivity contribution in [3.05, 3.63) is 0 Å². The largest absolute Gasteiger partial charge is 0.387 e. The van der Waals surface area contributed by atoms with Crippen LogP contribution in [0.25, 0.3) is 0 Å². The molecule has 14 unspecified atom stereocenters. The molecule has 21 rings (SSSR count). The molecule has 14 bridgehead atoms. The first kappa shape index (κ1) is 66.9. The first-order valence-corrected chi connectivity index (χ1v) is 35.0. The second-order valence-electron chi connectivity index (χ2n) is 19.5. The van der Waals surface area contributed by atoms with Crippen LogP contribution in [0, 0.1) is 0 Å². The highest BCUT2D eigenvalue weighted by atomic mass is 127. The number of hydrogen-bond acceptors (Lipinski definition) is 28. The van der Waals surface area contributed by atoms with Gasteiger partial charge >= 0.3 is 0 Å². The van der Waals surface area contributed by atoms with Gasteiger partial charge in [0.2, 0.25) is 0 Å². The van der Waals surface area contributed by atoms with Crippen molar-refractivity contribution in [2.45, 2.75) is 215 Å². The zero-order chi connectivity index (χ0) is 56.1. The summed E-state index contributed by atoms with van der Waals surface area (Å²) in [6, 6.07) is 0. The van der Waals surface area contributed by atoms with Crippen LogP contribution in [0.1, 0.15) is 0 Å². The highest BCUT2D eigenvalue weighted by molar-refractivity contribution is 14.1. The second-order valence-corrected chi connectivity index (χ2v) is 25.6. The van der Waals surface area contributed by atoms with Gasteiger partial charge < -0.3 is 138 Å². The molecule has 448 valence electrons. The predicted octanol–water partition coefficient (Wildman–Crippen LogP) is -5.13. The molecule has 0 aliphatic carbocycles. The van der Waals surface area contributed by atoms with E-state index in [2.05, 4.69) is 0 Å². The number of alkyl halides is 7. The van der Waals surface area contributed by atoms with Gasteiger partial charge in [-0.3, -0.25) is 0 Å². The molecular formula is C42H63I7O28. The molecule has 0 saturated carbocycles. The van der Waals surface area contributed by atoms with Crippen LogP contribution < -0.4 is 0 Å². The molecule has 35 atom stereocenters. The van der Waals surface area contributed by atoms with Gasteiger partial charge in [0.25, 0.3) is 0 Å². The summed E-state index contributed by atoms with van der Waals surface area (Å²) in [5, 5.41) is 161. The Hall–Kier alpha value is 3.99. The van der Waals surface area contributed by atoms with Gasteiger partial charge in [0.1, 0.15) is 128 Å². The molecule has 35 heteroatoms. The Morgan fingerprint density at radius 2 is 0.273 bits per heavy atom. The Labute approximate surface area is 535 Å². The summed E-state index contributed by atoms with van der Waals surface area (Å²) in [6.45, 7) is 0. The quantitative estimate of drug-likeness (QED) is 0.0837. The number of ether oxygens (including phenoxy) is 14. The van der Waals surface area contributed by atoms with Crippen molar-refractivity contribution < 1.29 is 138 Å². The van der Waals surface area contributed by atoms with Gasteiger partial charge in [0, 0.05) is 31.0 Å². The van der Waals surface area contributed by atoms with E-state index in [1.807, 2.05) is 158 Å². The summed E-state index contributed by atoms with van der Waals surface area (Å²) < 4.78 is 85.7. The minimum Gasteiger partial charge on any atom is -0.387 e. The molecule has 21 saturated heterocycles. The predicted molar refractivity (Wildman–Crippen MR) is 311 cm³/mol. The Morgan fingerprint density at radius 1 is 0.169 bits per heavy atom. The molecule has 77 heavy (non-hydrogen) atoms. The Morgan fingerprint density at radius 3 is 0.364 bits per heavy atom. The van der Waals surface area contributed by atoms with E-state index in [0.717, 1.165) is 0 Å². The summed E-state index contributed by atoms with van der Waals surface area (Å²) in [5.74, 6) is 0. The van der Waals surface area contributed by atoms with E-state index in [1.165, 1.54) is 0 Å². The molecule has 21 aliphatic heterocycles. The average Bonchev–Trinajstić information content (AvgIpc) is 3.47. The van der Waals surface area contributed by atoms with Crippen LogP contribution in [0.2, 0.25) is 0 Å². The molecule has 0 aromatic rings. The van der Waals surface area contributed by atoms with Crippen LogP contribution in [0.3, 0.4) is 0 Å². The maximum atomic E-state index is 11.6. The first-order valence-electron chi connectivity index (χ1n) is 24.3. The van der Waals surface area contributed by atoms with Crippen molar-refractivity contribution in [1.29, 1.82) is 0 Å². The second kappa shape index (κ2) is 29.5. The lowest BCUT2D eigenvalue weighted by atomic mass is 9.96. The zero-order valence-corrected chi connectivity index (χ0v) is 54.9. The minimum absolute atomic E-state index is 0.0801. The standard InChI is InChI=1S/C42H63I7O28/c43-1-8-29-15(50)22(57)36(64-8)72-30-9(2-44)66-38(24(59)17(30)52)74-32-11(4-46)68-40(26(61)19(32)54)76-34-13(6-48)70-42(28(63)21(34)56)77-35-14(7-49)69-41(27(62)20(35)55)75-33-12(5-47)67-39(25(60)18(33)53)73-31-10(3-45)65-37(71-29)23(58)16(31)51/h8-42,50-63H,1-7H2/t8?,9?,10?,11?,12?,13?,14?,15-,16-,17-,18-,19-,20-,21-,22?,23?,24?,25?,26?,27?,28?,29-,30-,31-,32-,33-,34-,35-,36-,37-,38-,39-,40-,41-,42+/m1/s1. The summed E-state index contributed by atoms with van der Waals surface area (Å²) in [4.78, 5) is 0. The highest BCUT2D eigenvalue weighted by Gasteiger charge is 2.59. The zero-order valence-electron chi connectivity index (χ0n) is 39.8. The lowest BCUT2D eigenvalue weighted by molar-refractivity contribution is -0.388. The summed E-state index contributed by atoms with van der Waals surface area (Å²) in [5.41, 5.74) is 0. The lowest BCUT2D eigenvalue weighted by Crippen LogP contribution is -2.68. The van der Waals surface area contributed by atoms with Crippen molar-refractivity contribution >= 4 is 158 Å². The van der Waals surface area contributed by atoms with E-state index < -0.39 is 215 Å². The van der Waals surface area contributed by atoms with E-state index in [9.17, 15) is 71.5 Å². The molecule has 21 aliphatic rings. The van der Waals surface area contributed by atoms with Crippen molar-refractivity contribution in [3.63, 3.8) is 0 Å². The fraction of sp³-hybridized carbons (Fsp3) is 1.00. The number of halogens is 7. The average molecular weight is 1900 g/mol. The van der Waals surface area contributed by atoms with Gasteiger partial charge in [-0.2, -0.15) is 0 Å². The van der Waals surface area contributed by atoms with Gasteiger partial charge in [-0.1, -0.05) is 158 Å². The third-order valence-electron chi connectivity index (χ3n) is 14.6. The van der Waals surface area contributed by atoms with E-state index in [-0.39, 0.29) is 31.0 Å². The van der Waals surface area contributed by atoms with E-state index in [1.54, 1.807) is 0 Å². The number of hydrogen-bond donors (Lipinski definition) is 14. The van der Waals surface area contributed by atoms with Crippen molar-refractivity contribution in [2.75, 3.05) is 31.0 Å². The fourth-order valence-electron chi connectivity index (χ4n) is 10.3. The molecule has 0 spiro atoms. The van der Waals surface area contributed by atoms with Crippen LogP contribution in [-0.2, 0) is 66.3 Å². The van der Waals surface area contributed by atoms with Crippen molar-refractivity contribution in [1.82, 2.24) is 0 Å². The van der Waals surface area contributed by atoms with Gasteiger partial charge in [-0.15, -0.1) is 0 Å². The topological polar surface area (TPSA) is 412 Å². The highest BCUT2D eigenvalue weighted by Crippen LogP contribution is 2.40. The molecule has 0 radical (unpaired) electrons. The third kappa shape index (κ3) is 14.1. The summed E-state index contributed by atoms with van der Waals surface area (Å²) >= 11 is 13.5. The van der Waals surface area contributed by atoms with Crippen LogP contribution >= 0.6 is 158 Å². The first-order chi connectivity index (χ1) is 36.7. The van der Waals surface area contributed by atoms with Crippen LogP contribution in [0.4, 0.5) is 0 Å². The number of aliphatic hydroxyl groups is 14. The van der Waals surface area contributed by atoms with Gasteiger partial charge in [0.15, 0.2) is 44.0 Å². The number of rotatable bonds is 7. The van der Waals surface area contributed by atoms with E-state index >= 15 is 0 Å². The Bertz CT molecular complexity index is 1490. The molecule has 0 aromatic heterocycles. The van der Waals surface area contributed by atoms with Crippen LogP contribution in [-0.4, -0.2) is 317 Å². The van der Waals surface area contributed by atoms with E-state index in [0.29, 0.717) is 0 Å². The summed E-state index contributed by atoms with van der Waals surface area (Å²) in [7, 11) is 0. The monoisotopic (exact) mass is 1900 g/mol. The molecule has 21 fully saturated rings. The Kier molecular flexibility index (Phi) is 25.7. The molecule has 28 nitrogen and oxygen atoms in total. The van der Waals surface area contributed by atoms with Gasteiger partial charge in [-0.25, -0.2) is 0 Å². The molecular weight excluding hydrogens is 1840 g/mol. The molecule has 0 amide bonds. The SMILES string of the molecule is OC1[C@@H]2OC(CI)[C@@H](O[C@H]3OC(CI)[C@@H](O[C@H]4OC(CI)[C@@H](O[C@H]5OC(CI)[C@@H](O[C@@H]6OC(CI)[C@@H](O[C@H]7OC(CI)[C@@H](O[C@H]8OC(CI)[C@@H](O2)[C@H](O)C8O)[C@H](O)C7O)[C@H](O)C6O)[C@H](O)C5O)[C@H](O)C4O)[C@H](O)C3O)[C@@H]1O. The molecule has 14 N–H and O–H groups in total.